The molecule has 33 heavy (non-hydrogen) atoms. The van der Waals surface area contributed by atoms with Crippen molar-refractivity contribution in [2.24, 2.45) is 0 Å². The average Bonchev–Trinajstić information content (AvgIpc) is 3.41. The number of rotatable bonds is 9. The van der Waals surface area contributed by atoms with Crippen molar-refractivity contribution in [2.45, 2.75) is 25.2 Å². The highest BCUT2D eigenvalue weighted by Gasteiger charge is 2.17. The lowest BCUT2D eigenvalue weighted by Crippen LogP contribution is -2.08. The second kappa shape index (κ2) is 10.1. The molecular weight excluding hydrogens is 436 g/mol. The molecule has 0 radical (unpaired) electrons. The van der Waals surface area contributed by atoms with Crippen LogP contribution in [0.1, 0.15) is 17.2 Å². The number of H-pyrrole nitrogens is 1. The first-order valence-corrected chi connectivity index (χ1v) is 11.2. The third kappa shape index (κ3) is 5.07. The number of benzene rings is 2. The van der Waals surface area contributed by atoms with E-state index < -0.39 is 0 Å². The van der Waals surface area contributed by atoms with Gasteiger partial charge in [0, 0.05) is 6.54 Å². The van der Waals surface area contributed by atoms with Gasteiger partial charge in [-0.2, -0.15) is 5.26 Å². The maximum atomic E-state index is 10.6. The van der Waals surface area contributed by atoms with Crippen molar-refractivity contribution in [2.75, 3.05) is 5.75 Å². The number of aliphatic hydroxyl groups excluding tert-OH is 1. The molecule has 2 aromatic carbocycles. The van der Waals surface area contributed by atoms with E-state index in [4.69, 9.17) is 4.74 Å². The molecule has 0 aliphatic heterocycles. The number of hydrogen-bond donors (Lipinski definition) is 2. The van der Waals surface area contributed by atoms with Gasteiger partial charge >= 0.3 is 0 Å². The summed E-state index contributed by atoms with van der Waals surface area (Å²) in [5.41, 5.74) is 2.72. The van der Waals surface area contributed by atoms with Crippen molar-refractivity contribution in [1.82, 2.24) is 24.7 Å². The summed E-state index contributed by atoms with van der Waals surface area (Å²) in [6.45, 7) is 6.54. The van der Waals surface area contributed by atoms with Crippen LogP contribution in [0.2, 0.25) is 0 Å². The maximum Gasteiger partial charge on any atom is 0.192 e. The topological polar surface area (TPSA) is 113 Å². The van der Waals surface area contributed by atoms with Gasteiger partial charge in [0.15, 0.2) is 16.8 Å². The van der Waals surface area contributed by atoms with Gasteiger partial charge in [0.05, 0.1) is 16.8 Å². The zero-order valence-electron chi connectivity index (χ0n) is 18.0. The van der Waals surface area contributed by atoms with Gasteiger partial charge in [-0.15, -0.1) is 16.8 Å². The number of hydrogen-bond acceptors (Lipinski definition) is 7. The third-order valence-electron chi connectivity index (χ3n) is 4.83. The second-order valence-corrected chi connectivity index (χ2v) is 8.17. The Hall–Kier alpha value is -4.03. The largest absolute Gasteiger partial charge is 0.510 e. The summed E-state index contributed by atoms with van der Waals surface area (Å²) in [7, 11) is 0. The zero-order valence-corrected chi connectivity index (χ0v) is 18.8. The predicted molar refractivity (Wildman–Crippen MR) is 128 cm³/mol. The Morgan fingerprint density at radius 2 is 2.12 bits per heavy atom. The van der Waals surface area contributed by atoms with Crippen LogP contribution in [-0.2, 0) is 13.2 Å². The van der Waals surface area contributed by atoms with Crippen LogP contribution < -0.4 is 4.74 Å². The van der Waals surface area contributed by atoms with Gasteiger partial charge in [0.2, 0.25) is 0 Å². The van der Waals surface area contributed by atoms with Crippen LogP contribution in [0.15, 0.2) is 72.1 Å². The molecule has 0 aliphatic rings. The molecule has 0 unspecified atom stereocenters. The lowest BCUT2D eigenvalue weighted by Gasteiger charge is -2.09. The summed E-state index contributed by atoms with van der Waals surface area (Å²) in [6, 6.07) is 17.3. The van der Waals surface area contributed by atoms with E-state index in [0.29, 0.717) is 23.4 Å². The minimum atomic E-state index is -0.0905. The van der Waals surface area contributed by atoms with Gasteiger partial charge in [-0.1, -0.05) is 42.1 Å². The molecule has 0 aliphatic carbocycles. The molecule has 0 amide bonds. The summed E-state index contributed by atoms with van der Waals surface area (Å²) >= 11 is 1.27. The molecule has 0 bridgehead atoms. The predicted octanol–water partition coefficient (Wildman–Crippen LogP) is 4.81. The third-order valence-corrected chi connectivity index (χ3v) is 5.81. The number of allylic oxidation sites excluding steroid dienone is 2. The molecule has 8 nitrogen and oxygen atoms in total. The normalized spacial score (nSPS) is 11.8. The van der Waals surface area contributed by atoms with Gasteiger partial charge in [0.1, 0.15) is 29.8 Å². The monoisotopic (exact) mass is 458 g/mol. The van der Waals surface area contributed by atoms with Gasteiger partial charge < -0.3 is 14.8 Å². The Kier molecular flexibility index (Phi) is 6.76. The molecule has 0 atom stereocenters. The molecule has 2 N–H and O–H groups in total. The fourth-order valence-corrected chi connectivity index (χ4v) is 4.07. The lowest BCUT2D eigenvalue weighted by atomic mass is 10.2. The number of aromatic nitrogens is 5. The Labute approximate surface area is 195 Å². The first kappa shape index (κ1) is 22.2. The number of fused-ring (bicyclic) bond motifs is 1. The number of aryl methyl sites for hydroxylation is 1. The van der Waals surface area contributed by atoms with Crippen molar-refractivity contribution in [3.8, 4) is 11.8 Å². The van der Waals surface area contributed by atoms with Crippen LogP contribution in [0.4, 0.5) is 0 Å². The highest BCUT2D eigenvalue weighted by molar-refractivity contribution is 7.99. The Bertz CT molecular complexity index is 1330. The molecule has 166 valence electrons. The number of aliphatic hydroxyl groups is 1. The first-order valence-electron chi connectivity index (χ1n) is 10.2. The van der Waals surface area contributed by atoms with Crippen LogP contribution in [0.25, 0.3) is 16.6 Å². The fraction of sp³-hybridized carbons (Fsp3) is 0.167. The zero-order chi connectivity index (χ0) is 23.2. The fourth-order valence-electron chi connectivity index (χ4n) is 3.23. The SMILES string of the molecule is C=CCn1c(COc2cccc(C)c2)nnc1SCC(O)=C(C#N)c1nc2ccccc2[nH]1. The van der Waals surface area contributed by atoms with Crippen LogP contribution in [0.5, 0.6) is 5.75 Å². The smallest absolute Gasteiger partial charge is 0.192 e. The number of aromatic amines is 1. The number of nitrogens with zero attached hydrogens (tertiary/aromatic N) is 5. The number of ether oxygens (including phenoxy) is 1. The number of nitriles is 1. The first-order chi connectivity index (χ1) is 16.1. The van der Waals surface area contributed by atoms with E-state index in [9.17, 15) is 10.4 Å². The van der Waals surface area contributed by atoms with Crippen LogP contribution in [-0.4, -0.2) is 35.6 Å². The van der Waals surface area contributed by atoms with Crippen molar-refractivity contribution in [3.63, 3.8) is 0 Å². The molecule has 2 aromatic heterocycles. The molecule has 4 rings (SSSR count). The molecular formula is C24H22N6O2S. The molecule has 0 spiro atoms. The van der Waals surface area contributed by atoms with Crippen molar-refractivity contribution in [3.05, 3.63) is 84.2 Å². The lowest BCUT2D eigenvalue weighted by molar-refractivity contribution is 0.289. The highest BCUT2D eigenvalue weighted by atomic mass is 32.2. The summed E-state index contributed by atoms with van der Waals surface area (Å²) in [6.07, 6.45) is 1.74. The van der Waals surface area contributed by atoms with E-state index in [0.717, 1.165) is 22.3 Å². The van der Waals surface area contributed by atoms with E-state index in [1.807, 2.05) is 66.1 Å². The van der Waals surface area contributed by atoms with E-state index in [1.165, 1.54) is 11.8 Å². The molecule has 9 heteroatoms. The van der Waals surface area contributed by atoms with E-state index in [-0.39, 0.29) is 23.7 Å². The average molecular weight is 459 g/mol. The van der Waals surface area contributed by atoms with Crippen LogP contribution >= 0.6 is 11.8 Å². The maximum absolute atomic E-state index is 10.6. The number of nitrogens with one attached hydrogen (secondary N) is 1. The number of para-hydroxylation sites is 2. The van der Waals surface area contributed by atoms with Gasteiger partial charge in [-0.05, 0) is 36.8 Å². The van der Waals surface area contributed by atoms with Crippen LogP contribution in [0, 0.1) is 18.3 Å². The minimum Gasteiger partial charge on any atom is -0.510 e. The minimum absolute atomic E-state index is 0.0905. The summed E-state index contributed by atoms with van der Waals surface area (Å²) < 4.78 is 7.73. The summed E-state index contributed by atoms with van der Waals surface area (Å²) in [5.74, 6) is 1.76. The Morgan fingerprint density at radius 3 is 2.88 bits per heavy atom. The van der Waals surface area contributed by atoms with E-state index in [1.54, 1.807) is 6.08 Å². The molecule has 0 fully saturated rings. The number of imidazole rings is 1. The molecule has 0 saturated heterocycles. The second-order valence-electron chi connectivity index (χ2n) is 7.23. The van der Waals surface area contributed by atoms with Gasteiger partial charge in [-0.3, -0.25) is 4.57 Å². The number of thioether (sulfide) groups is 1. The van der Waals surface area contributed by atoms with Crippen LogP contribution in [0.3, 0.4) is 0 Å². The van der Waals surface area contributed by atoms with E-state index in [2.05, 4.69) is 26.7 Å². The Morgan fingerprint density at radius 1 is 1.27 bits per heavy atom. The summed E-state index contributed by atoms with van der Waals surface area (Å²) in [5, 5.41) is 29.3. The Balaban J connectivity index is 1.50. The van der Waals surface area contributed by atoms with Gasteiger partial charge in [0.25, 0.3) is 0 Å². The molecule has 2 heterocycles. The highest BCUT2D eigenvalue weighted by Crippen LogP contribution is 2.25. The standard InChI is InChI=1S/C24H22N6O2S/c1-3-11-30-22(14-32-17-8-6-7-16(2)12-17)28-29-24(30)33-15-21(31)18(13-25)23-26-19-9-4-5-10-20(19)27-23/h3-10,12,31H,1,11,14-15H2,2H3,(H,26,27). The van der Waals surface area contributed by atoms with E-state index >= 15 is 0 Å². The van der Waals surface area contributed by atoms with Gasteiger partial charge in [-0.25, -0.2) is 4.98 Å². The van der Waals surface area contributed by atoms with Crippen molar-refractivity contribution >= 4 is 28.4 Å². The quantitative estimate of drug-likeness (QED) is 0.160. The summed E-state index contributed by atoms with van der Waals surface area (Å²) in [4.78, 5) is 7.48. The van der Waals surface area contributed by atoms with Crippen molar-refractivity contribution in [1.29, 1.82) is 5.26 Å². The van der Waals surface area contributed by atoms with Crippen molar-refractivity contribution < 1.29 is 9.84 Å². The molecule has 4 aromatic rings. The molecule has 0 saturated carbocycles.